The first-order chi connectivity index (χ1) is 16.7. The summed E-state index contributed by atoms with van der Waals surface area (Å²) in [5.74, 6) is 2.55. The van der Waals surface area contributed by atoms with Crippen LogP contribution in [0.25, 0.3) is 17.0 Å². The van der Waals surface area contributed by atoms with Crippen LogP contribution >= 0.6 is 11.8 Å². The van der Waals surface area contributed by atoms with Gasteiger partial charge in [0, 0.05) is 22.3 Å². The molecule has 4 aromatic rings. The number of benzene rings is 3. The van der Waals surface area contributed by atoms with Crippen LogP contribution in [0.5, 0.6) is 17.2 Å². The number of para-hydroxylation sites is 2. The minimum Gasteiger partial charge on any atom is -0.493 e. The summed E-state index contributed by atoms with van der Waals surface area (Å²) < 4.78 is 16.5. The predicted molar refractivity (Wildman–Crippen MR) is 135 cm³/mol. The van der Waals surface area contributed by atoms with Crippen LogP contribution in [0.3, 0.4) is 0 Å². The Balaban J connectivity index is 1.31. The summed E-state index contributed by atoms with van der Waals surface area (Å²) in [6.07, 6.45) is 4.83. The Morgan fingerprint density at radius 3 is 2.56 bits per heavy atom. The van der Waals surface area contributed by atoms with Crippen LogP contribution in [-0.4, -0.2) is 42.3 Å². The molecule has 0 aliphatic heterocycles. The molecular formula is C27H24N2O4S. The zero-order valence-corrected chi connectivity index (χ0v) is 19.7. The number of thioether (sulfide) groups is 1. The number of fused-ring (bicyclic) bond motifs is 1. The molecule has 0 fully saturated rings. The first-order valence-corrected chi connectivity index (χ1v) is 11.7. The van der Waals surface area contributed by atoms with Gasteiger partial charge >= 0.3 is 0 Å². The molecule has 172 valence electrons. The number of nitrogens with zero attached hydrogens (tertiary/aromatic N) is 2. The van der Waals surface area contributed by atoms with Gasteiger partial charge in [-0.15, -0.1) is 11.8 Å². The number of methoxy groups -OCH3 is 2. The van der Waals surface area contributed by atoms with E-state index in [1.807, 2.05) is 42.5 Å². The molecule has 0 aliphatic rings. The first-order valence-electron chi connectivity index (χ1n) is 10.7. The summed E-state index contributed by atoms with van der Waals surface area (Å²) in [7, 11) is 3.15. The van der Waals surface area contributed by atoms with Crippen molar-refractivity contribution in [3.05, 3.63) is 90.3 Å². The van der Waals surface area contributed by atoms with Gasteiger partial charge in [0.05, 0.1) is 26.3 Å². The van der Waals surface area contributed by atoms with Gasteiger partial charge in [-0.25, -0.2) is 9.97 Å². The molecular weight excluding hydrogens is 448 g/mol. The average Bonchev–Trinajstić information content (AvgIpc) is 2.89. The van der Waals surface area contributed by atoms with Crippen LogP contribution in [0.1, 0.15) is 15.9 Å². The summed E-state index contributed by atoms with van der Waals surface area (Å²) in [6.45, 7) is 0.520. The monoisotopic (exact) mass is 472 g/mol. The van der Waals surface area contributed by atoms with Gasteiger partial charge in [-0.05, 0) is 48.6 Å². The Labute approximate surface area is 202 Å². The number of ketones is 1. The highest BCUT2D eigenvalue weighted by Gasteiger charge is 2.09. The number of carbonyl (C=O) groups is 1. The Morgan fingerprint density at radius 2 is 1.76 bits per heavy atom. The fourth-order valence-corrected chi connectivity index (χ4v) is 4.22. The van der Waals surface area contributed by atoms with E-state index in [1.54, 1.807) is 62.7 Å². The normalized spacial score (nSPS) is 11.0. The second kappa shape index (κ2) is 11.3. The first kappa shape index (κ1) is 23.3. The molecule has 7 heteroatoms. The second-order valence-electron chi connectivity index (χ2n) is 7.20. The second-order valence-corrected chi connectivity index (χ2v) is 8.28. The molecule has 0 bridgehead atoms. The van der Waals surface area contributed by atoms with Crippen molar-refractivity contribution in [1.29, 1.82) is 0 Å². The number of hydrogen-bond acceptors (Lipinski definition) is 7. The maximum absolute atomic E-state index is 12.6. The van der Waals surface area contributed by atoms with Gasteiger partial charge in [-0.3, -0.25) is 4.79 Å². The van der Waals surface area contributed by atoms with E-state index < -0.39 is 0 Å². The van der Waals surface area contributed by atoms with E-state index in [2.05, 4.69) is 9.97 Å². The van der Waals surface area contributed by atoms with E-state index in [1.165, 1.54) is 6.08 Å². The molecule has 0 radical (unpaired) electrons. The van der Waals surface area contributed by atoms with Crippen molar-refractivity contribution in [2.24, 2.45) is 0 Å². The summed E-state index contributed by atoms with van der Waals surface area (Å²) in [5, 5.41) is 1.98. The molecule has 6 nitrogen and oxygen atoms in total. The topological polar surface area (TPSA) is 70.5 Å². The van der Waals surface area contributed by atoms with Gasteiger partial charge in [-0.2, -0.15) is 0 Å². The number of rotatable bonds is 10. The number of carbonyl (C=O) groups excluding carboxylic acids is 1. The van der Waals surface area contributed by atoms with E-state index in [0.717, 1.165) is 27.2 Å². The Kier molecular flexibility index (Phi) is 7.78. The van der Waals surface area contributed by atoms with Crippen molar-refractivity contribution < 1.29 is 19.0 Å². The van der Waals surface area contributed by atoms with Gasteiger partial charge < -0.3 is 14.2 Å². The van der Waals surface area contributed by atoms with E-state index in [4.69, 9.17) is 14.2 Å². The third kappa shape index (κ3) is 5.55. The fourth-order valence-electron chi connectivity index (χ4n) is 3.41. The third-order valence-corrected chi connectivity index (χ3v) is 6.05. The molecule has 0 N–H and O–H groups in total. The van der Waals surface area contributed by atoms with Crippen molar-refractivity contribution >= 4 is 34.5 Å². The molecule has 0 aliphatic carbocycles. The van der Waals surface area contributed by atoms with Crippen molar-refractivity contribution in [3.8, 4) is 17.2 Å². The molecule has 0 saturated heterocycles. The molecule has 0 unspecified atom stereocenters. The van der Waals surface area contributed by atoms with Crippen molar-refractivity contribution in [2.45, 2.75) is 5.03 Å². The van der Waals surface area contributed by atoms with Crippen LogP contribution in [0.4, 0.5) is 0 Å². The fraction of sp³-hybridized carbons (Fsp3) is 0.148. The van der Waals surface area contributed by atoms with Crippen molar-refractivity contribution in [2.75, 3.05) is 26.6 Å². The van der Waals surface area contributed by atoms with Crippen molar-refractivity contribution in [1.82, 2.24) is 9.97 Å². The Hall–Kier alpha value is -3.84. The van der Waals surface area contributed by atoms with Crippen molar-refractivity contribution in [3.63, 3.8) is 0 Å². The minimum atomic E-state index is -0.109. The van der Waals surface area contributed by atoms with Crippen LogP contribution in [0.2, 0.25) is 0 Å². The van der Waals surface area contributed by atoms with Crippen LogP contribution in [0, 0.1) is 0 Å². The number of hydrogen-bond donors (Lipinski definition) is 0. The summed E-state index contributed by atoms with van der Waals surface area (Å²) in [6, 6.07) is 20.6. The molecule has 34 heavy (non-hydrogen) atoms. The lowest BCUT2D eigenvalue weighted by Crippen LogP contribution is -2.01. The highest BCUT2D eigenvalue weighted by Crippen LogP contribution is 2.31. The number of aromatic nitrogens is 2. The SMILES string of the molecule is COc1cccc(/C=C/C(=O)c2ccc(OCCSc3ncnc4ccccc34)cc2)c1OC. The smallest absolute Gasteiger partial charge is 0.185 e. The largest absolute Gasteiger partial charge is 0.493 e. The summed E-state index contributed by atoms with van der Waals surface area (Å²) in [5.41, 5.74) is 2.27. The minimum absolute atomic E-state index is 0.109. The van der Waals surface area contributed by atoms with Gasteiger partial charge in [0.25, 0.3) is 0 Å². The molecule has 4 rings (SSSR count). The quantitative estimate of drug-likeness (QED) is 0.0962. The summed E-state index contributed by atoms with van der Waals surface area (Å²) in [4.78, 5) is 21.3. The molecule has 0 amide bonds. The molecule has 1 aromatic heterocycles. The number of ether oxygens (including phenoxy) is 3. The van der Waals surface area contributed by atoms with Gasteiger partial charge in [0.2, 0.25) is 0 Å². The molecule has 3 aromatic carbocycles. The maximum Gasteiger partial charge on any atom is 0.185 e. The Morgan fingerprint density at radius 1 is 0.941 bits per heavy atom. The van der Waals surface area contributed by atoms with E-state index in [0.29, 0.717) is 29.4 Å². The summed E-state index contributed by atoms with van der Waals surface area (Å²) >= 11 is 1.63. The maximum atomic E-state index is 12.6. The molecule has 0 atom stereocenters. The van der Waals surface area contributed by atoms with Crippen LogP contribution < -0.4 is 14.2 Å². The highest BCUT2D eigenvalue weighted by atomic mass is 32.2. The number of allylic oxidation sites excluding steroid dienone is 1. The molecule has 1 heterocycles. The van der Waals surface area contributed by atoms with Crippen LogP contribution in [0.15, 0.2) is 84.2 Å². The zero-order valence-electron chi connectivity index (χ0n) is 18.9. The van der Waals surface area contributed by atoms with Crippen LogP contribution in [-0.2, 0) is 0 Å². The van der Waals surface area contributed by atoms with E-state index >= 15 is 0 Å². The Bertz CT molecular complexity index is 1300. The predicted octanol–water partition coefficient (Wildman–Crippen LogP) is 5.71. The van der Waals surface area contributed by atoms with E-state index in [9.17, 15) is 4.79 Å². The van der Waals surface area contributed by atoms with E-state index in [-0.39, 0.29) is 5.78 Å². The van der Waals surface area contributed by atoms with Gasteiger partial charge in [0.15, 0.2) is 17.3 Å². The standard InChI is InChI=1S/C27H24N2O4S/c1-31-25-9-5-6-20(26(25)32-2)12-15-24(30)19-10-13-21(14-11-19)33-16-17-34-27-22-7-3-4-8-23(22)28-18-29-27/h3-15,18H,16-17H2,1-2H3/b15-12+. The van der Waals surface area contributed by atoms with Gasteiger partial charge in [0.1, 0.15) is 17.1 Å². The lowest BCUT2D eigenvalue weighted by molar-refractivity contribution is 0.104. The average molecular weight is 473 g/mol. The lowest BCUT2D eigenvalue weighted by atomic mass is 10.1. The van der Waals surface area contributed by atoms with Gasteiger partial charge in [-0.1, -0.05) is 30.3 Å². The lowest BCUT2D eigenvalue weighted by Gasteiger charge is -2.09. The molecule has 0 saturated carbocycles. The third-order valence-electron chi connectivity index (χ3n) is 5.08. The molecule has 0 spiro atoms. The highest BCUT2D eigenvalue weighted by molar-refractivity contribution is 7.99. The zero-order chi connectivity index (χ0) is 23.8.